The summed E-state index contributed by atoms with van der Waals surface area (Å²) in [6, 6.07) is 15.7. The average Bonchev–Trinajstić information content (AvgIpc) is 2.75. The van der Waals surface area contributed by atoms with Gasteiger partial charge >= 0.3 is 0 Å². The Hall–Kier alpha value is -3.63. The fourth-order valence-corrected chi connectivity index (χ4v) is 3.61. The minimum absolute atomic E-state index is 0.135. The minimum Gasteiger partial charge on any atom is -0.354 e. The summed E-state index contributed by atoms with van der Waals surface area (Å²) in [5.41, 5.74) is 5.72. The molecule has 0 aliphatic carbocycles. The maximum absolute atomic E-state index is 12.5. The first-order chi connectivity index (χ1) is 14.6. The number of nitriles is 1. The molecule has 30 heavy (non-hydrogen) atoms. The summed E-state index contributed by atoms with van der Waals surface area (Å²) in [6.45, 7) is 1.82. The van der Waals surface area contributed by atoms with E-state index >= 15 is 0 Å². The number of aromatic nitrogens is 1. The van der Waals surface area contributed by atoms with Gasteiger partial charge in [0.2, 0.25) is 5.91 Å². The van der Waals surface area contributed by atoms with E-state index in [1.54, 1.807) is 12.3 Å². The predicted molar refractivity (Wildman–Crippen MR) is 123 cm³/mol. The van der Waals surface area contributed by atoms with Crippen molar-refractivity contribution in [2.75, 3.05) is 23.7 Å². The quantitative estimate of drug-likeness (QED) is 0.466. The van der Waals surface area contributed by atoms with E-state index < -0.39 is 0 Å². The molecule has 0 unspecified atom stereocenters. The van der Waals surface area contributed by atoms with Gasteiger partial charge in [-0.2, -0.15) is 5.26 Å². The number of hydrogen-bond donors (Lipinski definition) is 3. The molecule has 0 radical (unpaired) electrons. The van der Waals surface area contributed by atoms with Gasteiger partial charge in [-0.05, 0) is 56.3 Å². The molecule has 1 aliphatic rings. The van der Waals surface area contributed by atoms with E-state index in [1.165, 1.54) is 0 Å². The van der Waals surface area contributed by atoms with E-state index in [0.29, 0.717) is 16.9 Å². The van der Waals surface area contributed by atoms with Crippen molar-refractivity contribution in [3.63, 3.8) is 0 Å². The topological polar surface area (TPSA) is 89.8 Å². The van der Waals surface area contributed by atoms with E-state index in [2.05, 4.69) is 27.0 Å². The van der Waals surface area contributed by atoms with Crippen LogP contribution in [0.5, 0.6) is 0 Å². The molecule has 0 bridgehead atoms. The van der Waals surface area contributed by atoms with Crippen LogP contribution >= 0.6 is 0 Å². The Kier molecular flexibility index (Phi) is 5.78. The largest absolute Gasteiger partial charge is 0.354 e. The molecule has 0 spiro atoms. The molecule has 148 valence electrons. The van der Waals surface area contributed by atoms with Crippen molar-refractivity contribution in [2.24, 2.45) is 0 Å². The molecule has 2 aromatic carbocycles. The van der Waals surface area contributed by atoms with Crippen LogP contribution in [0, 0.1) is 11.3 Å². The van der Waals surface area contributed by atoms with Gasteiger partial charge in [0, 0.05) is 29.0 Å². The van der Waals surface area contributed by atoms with Crippen molar-refractivity contribution in [1.82, 2.24) is 10.3 Å². The summed E-state index contributed by atoms with van der Waals surface area (Å²) < 4.78 is 0. The minimum atomic E-state index is -0.135. The number of hydrogen-bond acceptors (Lipinski definition) is 5. The Labute approximate surface area is 176 Å². The third-order valence-corrected chi connectivity index (χ3v) is 5.12. The number of amides is 1. The second kappa shape index (κ2) is 8.81. The zero-order valence-electron chi connectivity index (χ0n) is 16.8. The van der Waals surface area contributed by atoms with Crippen LogP contribution in [0.1, 0.15) is 18.4 Å². The molecule has 1 aliphatic heterocycles. The number of nitrogens with one attached hydrogen (secondary N) is 3. The third kappa shape index (κ3) is 4.50. The average molecular weight is 395 g/mol. The van der Waals surface area contributed by atoms with Gasteiger partial charge in [0.25, 0.3) is 0 Å². The Morgan fingerprint density at radius 1 is 1.17 bits per heavy atom. The van der Waals surface area contributed by atoms with E-state index in [-0.39, 0.29) is 5.91 Å². The van der Waals surface area contributed by atoms with Gasteiger partial charge in [0.15, 0.2) is 0 Å². The lowest BCUT2D eigenvalue weighted by molar-refractivity contribution is -0.112. The van der Waals surface area contributed by atoms with Crippen LogP contribution in [0.25, 0.3) is 10.9 Å². The van der Waals surface area contributed by atoms with Gasteiger partial charge in [-0.1, -0.05) is 23.2 Å². The molecule has 3 N–H and O–H groups in total. The standard InChI is InChI=1S/C23H22BN5O/c24-17-2-1-3-18(11-17)29-23-16(13-25)14-27-21-5-4-19(12-20(21)23)28-22(30)10-15-6-8-26-9-7-15/h1-5,10-12,14,26H,6-9,24H2,(H,27,29)(H,28,30). The van der Waals surface area contributed by atoms with E-state index in [9.17, 15) is 10.1 Å². The molecule has 1 saturated heterocycles. The summed E-state index contributed by atoms with van der Waals surface area (Å²) in [7, 11) is 2.02. The van der Waals surface area contributed by atoms with Gasteiger partial charge < -0.3 is 16.0 Å². The fraction of sp³-hybridized carbons (Fsp3) is 0.174. The van der Waals surface area contributed by atoms with Gasteiger partial charge in [0.05, 0.1) is 16.8 Å². The summed E-state index contributed by atoms with van der Waals surface area (Å²) in [4.78, 5) is 16.9. The first kappa shape index (κ1) is 19.7. The molecule has 7 heteroatoms. The SMILES string of the molecule is Bc1cccc(Nc2c(C#N)cnc3ccc(NC(=O)C=C4CCNCC4)cc23)c1. The number of carbonyl (C=O) groups excluding carboxylic acids is 1. The first-order valence-corrected chi connectivity index (χ1v) is 10.00. The Balaban J connectivity index is 1.66. The monoisotopic (exact) mass is 395 g/mol. The van der Waals surface area contributed by atoms with Crippen molar-refractivity contribution < 1.29 is 4.79 Å². The van der Waals surface area contributed by atoms with Crippen LogP contribution in [0.4, 0.5) is 17.1 Å². The number of nitrogens with zero attached hydrogens (tertiary/aromatic N) is 2. The third-order valence-electron chi connectivity index (χ3n) is 5.12. The van der Waals surface area contributed by atoms with Gasteiger partial charge in [0.1, 0.15) is 13.9 Å². The molecule has 1 aromatic heterocycles. The van der Waals surface area contributed by atoms with Crippen molar-refractivity contribution in [3.8, 4) is 6.07 Å². The van der Waals surface area contributed by atoms with Crippen LogP contribution in [-0.2, 0) is 4.79 Å². The molecular formula is C23H22BN5O. The van der Waals surface area contributed by atoms with Crippen molar-refractivity contribution in [3.05, 3.63) is 65.9 Å². The Morgan fingerprint density at radius 2 is 2.00 bits per heavy atom. The van der Waals surface area contributed by atoms with E-state index in [1.807, 2.05) is 50.3 Å². The zero-order valence-corrected chi connectivity index (χ0v) is 16.8. The summed E-state index contributed by atoms with van der Waals surface area (Å²) in [5, 5.41) is 20.0. The molecule has 3 aromatic rings. The first-order valence-electron chi connectivity index (χ1n) is 10.00. The summed E-state index contributed by atoms with van der Waals surface area (Å²) >= 11 is 0. The second-order valence-corrected chi connectivity index (χ2v) is 7.43. The highest BCUT2D eigenvalue weighted by molar-refractivity contribution is 6.32. The van der Waals surface area contributed by atoms with Crippen molar-refractivity contribution >= 4 is 47.2 Å². The maximum atomic E-state index is 12.5. The number of carbonyl (C=O) groups is 1. The zero-order chi connectivity index (χ0) is 20.9. The number of anilines is 3. The number of benzene rings is 2. The lowest BCUT2D eigenvalue weighted by Crippen LogP contribution is -2.24. The molecule has 4 rings (SSSR count). The fourth-order valence-electron chi connectivity index (χ4n) is 3.61. The highest BCUT2D eigenvalue weighted by atomic mass is 16.1. The molecule has 0 saturated carbocycles. The highest BCUT2D eigenvalue weighted by Crippen LogP contribution is 2.30. The molecule has 6 nitrogen and oxygen atoms in total. The van der Waals surface area contributed by atoms with Crippen LogP contribution in [0.3, 0.4) is 0 Å². The molecule has 1 fully saturated rings. The van der Waals surface area contributed by atoms with Crippen LogP contribution < -0.4 is 21.4 Å². The van der Waals surface area contributed by atoms with Crippen LogP contribution in [0.15, 0.2) is 60.3 Å². The van der Waals surface area contributed by atoms with Gasteiger partial charge in [-0.15, -0.1) is 0 Å². The Morgan fingerprint density at radius 3 is 2.77 bits per heavy atom. The van der Waals surface area contributed by atoms with E-state index in [0.717, 1.165) is 53.6 Å². The normalized spacial score (nSPS) is 13.5. The predicted octanol–water partition coefficient (Wildman–Crippen LogP) is 2.36. The lowest BCUT2D eigenvalue weighted by atomic mass is 9.96. The lowest BCUT2D eigenvalue weighted by Gasteiger charge is -2.15. The highest BCUT2D eigenvalue weighted by Gasteiger charge is 2.12. The van der Waals surface area contributed by atoms with Crippen LogP contribution in [0.2, 0.25) is 0 Å². The number of piperidine rings is 1. The number of pyridine rings is 1. The maximum Gasteiger partial charge on any atom is 0.248 e. The smallest absolute Gasteiger partial charge is 0.248 e. The molecular weight excluding hydrogens is 373 g/mol. The number of fused-ring (bicyclic) bond motifs is 1. The summed E-state index contributed by atoms with van der Waals surface area (Å²) in [5.74, 6) is -0.135. The van der Waals surface area contributed by atoms with Crippen molar-refractivity contribution in [1.29, 1.82) is 5.26 Å². The molecule has 2 heterocycles. The molecule has 1 amide bonds. The second-order valence-electron chi connectivity index (χ2n) is 7.43. The van der Waals surface area contributed by atoms with Crippen molar-refractivity contribution in [2.45, 2.75) is 12.8 Å². The van der Waals surface area contributed by atoms with Crippen LogP contribution in [-0.4, -0.2) is 31.8 Å². The molecule has 0 atom stereocenters. The number of rotatable bonds is 4. The summed E-state index contributed by atoms with van der Waals surface area (Å²) in [6.07, 6.45) is 5.05. The van der Waals surface area contributed by atoms with Gasteiger partial charge in [-0.25, -0.2) is 0 Å². The van der Waals surface area contributed by atoms with Gasteiger partial charge in [-0.3, -0.25) is 9.78 Å². The Bertz CT molecular complexity index is 1170. The van der Waals surface area contributed by atoms with E-state index in [4.69, 9.17) is 0 Å².